The minimum Gasteiger partial charge on any atom is -0.480 e. The number of aromatic nitrogens is 3. The average Bonchev–Trinajstić information content (AvgIpc) is 2.55. The van der Waals surface area contributed by atoms with Gasteiger partial charge in [0.1, 0.15) is 6.54 Å². The SMILES string of the molecule is CCCn1c(=O)[nH]c(=O)c2c(C(=O)NCC(=O)O)cc(C(C)C)nc21. The molecule has 0 aromatic carbocycles. The second kappa shape index (κ2) is 7.29. The number of nitrogens with zero attached hydrogens (tertiary/aromatic N) is 2. The summed E-state index contributed by atoms with van der Waals surface area (Å²) in [7, 11) is 0. The number of aryl methyl sites for hydroxylation is 1. The number of rotatable bonds is 6. The first kappa shape index (κ1) is 18.4. The molecule has 2 heterocycles. The molecule has 0 bridgehead atoms. The number of carbonyl (C=O) groups is 2. The topological polar surface area (TPSA) is 134 Å². The molecule has 0 spiro atoms. The molecule has 0 radical (unpaired) electrons. The first-order chi connectivity index (χ1) is 11.8. The quantitative estimate of drug-likeness (QED) is 0.693. The van der Waals surface area contributed by atoms with Crippen molar-refractivity contribution >= 4 is 22.9 Å². The van der Waals surface area contributed by atoms with Gasteiger partial charge in [-0.1, -0.05) is 20.8 Å². The van der Waals surface area contributed by atoms with Gasteiger partial charge >= 0.3 is 11.7 Å². The van der Waals surface area contributed by atoms with Gasteiger partial charge in [-0.3, -0.25) is 23.9 Å². The molecule has 0 atom stereocenters. The Morgan fingerprint density at radius 1 is 1.36 bits per heavy atom. The molecule has 0 unspecified atom stereocenters. The average molecular weight is 348 g/mol. The fourth-order valence-corrected chi connectivity index (χ4v) is 2.45. The van der Waals surface area contributed by atoms with Crippen LogP contribution in [-0.2, 0) is 11.3 Å². The molecule has 0 fully saturated rings. The van der Waals surface area contributed by atoms with E-state index >= 15 is 0 Å². The molecule has 2 aromatic rings. The number of carboxylic acid groups (broad SMARTS) is 1. The highest BCUT2D eigenvalue weighted by atomic mass is 16.4. The number of carboxylic acids is 1. The Bertz CT molecular complexity index is 942. The summed E-state index contributed by atoms with van der Waals surface area (Å²) in [4.78, 5) is 54.1. The fraction of sp³-hybridized carbons (Fsp3) is 0.438. The van der Waals surface area contributed by atoms with Gasteiger partial charge in [-0.25, -0.2) is 9.78 Å². The lowest BCUT2D eigenvalue weighted by Crippen LogP contribution is -2.34. The summed E-state index contributed by atoms with van der Waals surface area (Å²) in [6.45, 7) is 5.35. The van der Waals surface area contributed by atoms with E-state index in [1.54, 1.807) is 0 Å². The van der Waals surface area contributed by atoms with E-state index in [-0.39, 0.29) is 22.5 Å². The highest BCUT2D eigenvalue weighted by Crippen LogP contribution is 2.19. The third-order valence-corrected chi connectivity index (χ3v) is 3.65. The van der Waals surface area contributed by atoms with Crippen LogP contribution in [0.15, 0.2) is 15.7 Å². The van der Waals surface area contributed by atoms with Gasteiger partial charge in [0.25, 0.3) is 11.5 Å². The molecular formula is C16H20N4O5. The zero-order chi connectivity index (χ0) is 18.7. The lowest BCUT2D eigenvalue weighted by atomic mass is 10.0. The molecule has 9 heteroatoms. The van der Waals surface area contributed by atoms with Gasteiger partial charge in [0.2, 0.25) is 0 Å². The van der Waals surface area contributed by atoms with Gasteiger partial charge in [0.05, 0.1) is 10.9 Å². The fourth-order valence-electron chi connectivity index (χ4n) is 2.45. The molecular weight excluding hydrogens is 328 g/mol. The van der Waals surface area contributed by atoms with E-state index in [0.717, 1.165) is 0 Å². The predicted octanol–water partition coefficient (Wildman–Crippen LogP) is 0.433. The van der Waals surface area contributed by atoms with Crippen molar-refractivity contribution in [3.63, 3.8) is 0 Å². The van der Waals surface area contributed by atoms with Crippen LogP contribution in [-0.4, -0.2) is 38.1 Å². The Balaban J connectivity index is 2.81. The number of H-pyrrole nitrogens is 1. The predicted molar refractivity (Wildman–Crippen MR) is 91.0 cm³/mol. The van der Waals surface area contributed by atoms with E-state index in [1.807, 2.05) is 20.8 Å². The monoisotopic (exact) mass is 348 g/mol. The van der Waals surface area contributed by atoms with E-state index in [9.17, 15) is 19.2 Å². The normalized spacial score (nSPS) is 11.0. The van der Waals surface area contributed by atoms with Crippen LogP contribution in [0.25, 0.3) is 11.0 Å². The minimum atomic E-state index is -1.20. The lowest BCUT2D eigenvalue weighted by molar-refractivity contribution is -0.135. The first-order valence-corrected chi connectivity index (χ1v) is 7.94. The van der Waals surface area contributed by atoms with Crippen LogP contribution in [0.2, 0.25) is 0 Å². The Hall–Kier alpha value is -2.97. The minimum absolute atomic E-state index is 0.000975. The zero-order valence-electron chi connectivity index (χ0n) is 14.3. The van der Waals surface area contributed by atoms with Gasteiger partial charge in [0, 0.05) is 12.2 Å². The summed E-state index contributed by atoms with van der Waals surface area (Å²) >= 11 is 0. The van der Waals surface area contributed by atoms with Crippen LogP contribution < -0.4 is 16.6 Å². The van der Waals surface area contributed by atoms with Crippen molar-refractivity contribution < 1.29 is 14.7 Å². The largest absolute Gasteiger partial charge is 0.480 e. The van der Waals surface area contributed by atoms with Crippen LogP contribution in [0.4, 0.5) is 0 Å². The van der Waals surface area contributed by atoms with Gasteiger partial charge in [0.15, 0.2) is 5.65 Å². The zero-order valence-corrected chi connectivity index (χ0v) is 14.3. The molecule has 2 aromatic heterocycles. The second-order valence-corrected chi connectivity index (χ2v) is 5.94. The molecule has 0 aliphatic rings. The molecule has 134 valence electrons. The smallest absolute Gasteiger partial charge is 0.329 e. The number of hydrogen-bond donors (Lipinski definition) is 3. The van der Waals surface area contributed by atoms with Crippen LogP contribution in [0.1, 0.15) is 49.2 Å². The van der Waals surface area contributed by atoms with Crippen molar-refractivity contribution in [3.05, 3.63) is 38.2 Å². The highest BCUT2D eigenvalue weighted by molar-refractivity contribution is 6.06. The van der Waals surface area contributed by atoms with Crippen molar-refractivity contribution in [3.8, 4) is 0 Å². The van der Waals surface area contributed by atoms with Gasteiger partial charge in [-0.05, 0) is 18.4 Å². The van der Waals surface area contributed by atoms with Crippen LogP contribution >= 0.6 is 0 Å². The molecule has 2 rings (SSSR count). The standard InChI is InChI=1S/C16H20N4O5/c1-4-5-20-13-12(15(24)19-16(20)25)9(6-10(18-13)8(2)3)14(23)17-7-11(21)22/h6,8H,4-5,7H2,1-3H3,(H,17,23)(H,21,22)(H,19,24,25). The Labute approximate surface area is 142 Å². The van der Waals surface area contributed by atoms with Crippen molar-refractivity contribution in [1.82, 2.24) is 19.9 Å². The molecule has 9 nitrogen and oxygen atoms in total. The summed E-state index contributed by atoms with van der Waals surface area (Å²) in [5.41, 5.74) is -0.661. The molecule has 0 saturated heterocycles. The van der Waals surface area contributed by atoms with E-state index in [1.165, 1.54) is 10.6 Å². The molecule has 25 heavy (non-hydrogen) atoms. The van der Waals surface area contributed by atoms with Crippen molar-refractivity contribution in [2.75, 3.05) is 6.54 Å². The van der Waals surface area contributed by atoms with Crippen molar-refractivity contribution in [2.45, 2.75) is 39.7 Å². The highest BCUT2D eigenvalue weighted by Gasteiger charge is 2.20. The number of fused-ring (bicyclic) bond motifs is 1. The molecule has 0 aliphatic carbocycles. The summed E-state index contributed by atoms with van der Waals surface area (Å²) in [6, 6.07) is 1.46. The first-order valence-electron chi connectivity index (χ1n) is 7.94. The molecule has 1 amide bonds. The number of amides is 1. The molecule has 0 aliphatic heterocycles. The van der Waals surface area contributed by atoms with Gasteiger partial charge < -0.3 is 10.4 Å². The van der Waals surface area contributed by atoms with Crippen molar-refractivity contribution in [1.29, 1.82) is 0 Å². The van der Waals surface area contributed by atoms with Crippen LogP contribution in [0.3, 0.4) is 0 Å². The number of aromatic amines is 1. The number of aliphatic carboxylic acids is 1. The maximum Gasteiger partial charge on any atom is 0.329 e. The second-order valence-electron chi connectivity index (χ2n) is 5.94. The third kappa shape index (κ3) is 3.76. The number of pyridine rings is 1. The molecule has 0 saturated carbocycles. The molecule has 3 N–H and O–H groups in total. The summed E-state index contributed by atoms with van der Waals surface area (Å²) in [5.74, 6) is -1.96. The van der Waals surface area contributed by atoms with Crippen molar-refractivity contribution in [2.24, 2.45) is 0 Å². The summed E-state index contributed by atoms with van der Waals surface area (Å²) in [5, 5.41) is 10.9. The number of hydrogen-bond acceptors (Lipinski definition) is 5. The summed E-state index contributed by atoms with van der Waals surface area (Å²) < 4.78 is 1.32. The van der Waals surface area contributed by atoms with Crippen LogP contribution in [0.5, 0.6) is 0 Å². The van der Waals surface area contributed by atoms with E-state index in [0.29, 0.717) is 18.7 Å². The van der Waals surface area contributed by atoms with E-state index in [2.05, 4.69) is 15.3 Å². The number of nitrogens with one attached hydrogen (secondary N) is 2. The van der Waals surface area contributed by atoms with E-state index in [4.69, 9.17) is 5.11 Å². The summed E-state index contributed by atoms with van der Waals surface area (Å²) in [6.07, 6.45) is 0.634. The van der Waals surface area contributed by atoms with Gasteiger partial charge in [-0.15, -0.1) is 0 Å². The maximum absolute atomic E-state index is 12.4. The Morgan fingerprint density at radius 3 is 2.60 bits per heavy atom. The third-order valence-electron chi connectivity index (χ3n) is 3.65. The Kier molecular flexibility index (Phi) is 5.35. The van der Waals surface area contributed by atoms with Crippen LogP contribution in [0, 0.1) is 0 Å². The lowest BCUT2D eigenvalue weighted by Gasteiger charge is -2.14. The number of carbonyl (C=O) groups excluding carboxylic acids is 1. The van der Waals surface area contributed by atoms with Gasteiger partial charge in [-0.2, -0.15) is 0 Å². The maximum atomic E-state index is 12.4. The Morgan fingerprint density at radius 2 is 2.04 bits per heavy atom. The van der Waals surface area contributed by atoms with E-state index < -0.39 is 29.7 Å².